The van der Waals surface area contributed by atoms with Crippen LogP contribution in [0.5, 0.6) is 0 Å². The van der Waals surface area contributed by atoms with E-state index in [4.69, 9.17) is 12.2 Å². The molecule has 1 fully saturated rings. The number of hydrogen-bond acceptors (Lipinski definition) is 5. The van der Waals surface area contributed by atoms with E-state index in [9.17, 15) is 14.7 Å². The van der Waals surface area contributed by atoms with Crippen molar-refractivity contribution in [2.24, 2.45) is 0 Å². The van der Waals surface area contributed by atoms with Crippen molar-refractivity contribution in [2.75, 3.05) is 4.90 Å². The van der Waals surface area contributed by atoms with Gasteiger partial charge in [-0.05, 0) is 41.8 Å². The van der Waals surface area contributed by atoms with Crippen molar-refractivity contribution in [3.8, 4) is 0 Å². The van der Waals surface area contributed by atoms with Gasteiger partial charge in [-0.15, -0.1) is 0 Å². The van der Waals surface area contributed by atoms with E-state index in [1.54, 1.807) is 18.2 Å². The fraction of sp³-hybridized carbons (Fsp3) is 0.0500. The van der Waals surface area contributed by atoms with E-state index in [-0.39, 0.29) is 11.5 Å². The lowest BCUT2D eigenvalue weighted by molar-refractivity contribution is -0.255. The minimum atomic E-state index is -1.30. The Balaban J connectivity index is 1.88. The third kappa shape index (κ3) is 3.92. The number of thiocarbonyl (C=S) groups is 1. The Bertz CT molecular complexity index is 949. The molecular formula is C20H14NO3S2-. The summed E-state index contributed by atoms with van der Waals surface area (Å²) >= 11 is 6.51. The van der Waals surface area contributed by atoms with Gasteiger partial charge in [0.2, 0.25) is 0 Å². The number of hydrogen-bond donors (Lipinski definition) is 0. The van der Waals surface area contributed by atoms with Crippen molar-refractivity contribution in [1.82, 2.24) is 0 Å². The summed E-state index contributed by atoms with van der Waals surface area (Å²) in [5, 5.41) is 11.0. The highest BCUT2D eigenvalue weighted by atomic mass is 32.2. The highest BCUT2D eigenvalue weighted by Crippen LogP contribution is 2.35. The number of anilines is 1. The number of benzene rings is 2. The Morgan fingerprint density at radius 1 is 1.15 bits per heavy atom. The molecule has 3 rings (SSSR count). The second-order valence-electron chi connectivity index (χ2n) is 5.65. The number of thioether (sulfide) groups is 1. The van der Waals surface area contributed by atoms with Crippen LogP contribution in [0.25, 0.3) is 6.08 Å². The Hall–Kier alpha value is -2.70. The Labute approximate surface area is 160 Å². The molecule has 1 aliphatic rings. The SMILES string of the molecule is CC(=C/c1ccccc1)/C=C1\SC(=S)N(c2cccc(C(=O)[O-])c2)C1=O. The molecule has 0 atom stereocenters. The van der Waals surface area contributed by atoms with Crippen LogP contribution in [-0.2, 0) is 4.79 Å². The van der Waals surface area contributed by atoms with Gasteiger partial charge in [0.25, 0.3) is 5.91 Å². The maximum absolute atomic E-state index is 12.7. The molecule has 6 heteroatoms. The Kier molecular flexibility index (Phi) is 5.35. The first kappa shape index (κ1) is 18.1. The van der Waals surface area contributed by atoms with Crippen LogP contribution in [0.2, 0.25) is 0 Å². The van der Waals surface area contributed by atoms with E-state index in [1.165, 1.54) is 28.8 Å². The second-order valence-corrected chi connectivity index (χ2v) is 7.33. The maximum atomic E-state index is 12.7. The van der Waals surface area contributed by atoms with E-state index in [1.807, 2.05) is 43.3 Å². The van der Waals surface area contributed by atoms with Crippen LogP contribution in [0.3, 0.4) is 0 Å². The summed E-state index contributed by atoms with van der Waals surface area (Å²) in [6, 6.07) is 15.8. The fourth-order valence-electron chi connectivity index (χ4n) is 2.52. The number of carbonyl (C=O) groups excluding carboxylic acids is 2. The number of carboxylic acid groups (broad SMARTS) is 1. The minimum absolute atomic E-state index is 0.000633. The molecule has 2 aromatic carbocycles. The van der Waals surface area contributed by atoms with Gasteiger partial charge in [-0.25, -0.2) is 0 Å². The summed E-state index contributed by atoms with van der Waals surface area (Å²) in [5.41, 5.74) is 2.38. The Morgan fingerprint density at radius 2 is 1.88 bits per heavy atom. The molecule has 0 unspecified atom stereocenters. The van der Waals surface area contributed by atoms with Crippen molar-refractivity contribution in [2.45, 2.75) is 6.92 Å². The lowest BCUT2D eigenvalue weighted by Gasteiger charge is -2.15. The van der Waals surface area contributed by atoms with Crippen molar-refractivity contribution in [1.29, 1.82) is 0 Å². The van der Waals surface area contributed by atoms with Crippen LogP contribution in [0.1, 0.15) is 22.8 Å². The first-order valence-electron chi connectivity index (χ1n) is 7.78. The smallest absolute Gasteiger partial charge is 0.270 e. The zero-order valence-corrected chi connectivity index (χ0v) is 15.5. The van der Waals surface area contributed by atoms with Gasteiger partial charge in [0.05, 0.1) is 16.6 Å². The molecule has 0 aromatic heterocycles. The molecule has 1 amide bonds. The quantitative estimate of drug-likeness (QED) is 0.601. The van der Waals surface area contributed by atoms with Crippen LogP contribution in [0.15, 0.2) is 71.2 Å². The molecular weight excluding hydrogens is 366 g/mol. The largest absolute Gasteiger partial charge is 0.545 e. The zero-order chi connectivity index (χ0) is 18.7. The molecule has 0 aliphatic carbocycles. The van der Waals surface area contributed by atoms with Crippen molar-refractivity contribution in [3.05, 3.63) is 82.3 Å². The average molecular weight is 380 g/mol. The number of allylic oxidation sites excluding steroid dienone is 2. The normalized spacial score (nSPS) is 16.4. The summed E-state index contributed by atoms with van der Waals surface area (Å²) in [6.07, 6.45) is 3.76. The number of nitrogens with zero attached hydrogens (tertiary/aromatic N) is 1. The van der Waals surface area contributed by atoms with Gasteiger partial charge in [0, 0.05) is 0 Å². The molecule has 130 valence electrons. The molecule has 1 heterocycles. The van der Waals surface area contributed by atoms with Crippen LogP contribution < -0.4 is 10.0 Å². The fourth-order valence-corrected chi connectivity index (χ4v) is 3.87. The first-order chi connectivity index (χ1) is 12.5. The topological polar surface area (TPSA) is 60.4 Å². The highest BCUT2D eigenvalue weighted by molar-refractivity contribution is 8.27. The Morgan fingerprint density at radius 3 is 2.58 bits per heavy atom. The molecule has 0 radical (unpaired) electrons. The molecule has 2 aromatic rings. The van der Waals surface area contributed by atoms with E-state index < -0.39 is 5.97 Å². The van der Waals surface area contributed by atoms with Gasteiger partial charge >= 0.3 is 0 Å². The minimum Gasteiger partial charge on any atom is -0.545 e. The van der Waals surface area contributed by atoms with E-state index >= 15 is 0 Å². The van der Waals surface area contributed by atoms with Crippen LogP contribution in [0, 0.1) is 0 Å². The number of rotatable bonds is 4. The number of carboxylic acids is 1. The van der Waals surface area contributed by atoms with Crippen molar-refractivity contribution >= 4 is 51.9 Å². The molecule has 4 nitrogen and oxygen atoms in total. The molecule has 0 spiro atoms. The second kappa shape index (κ2) is 7.68. The summed E-state index contributed by atoms with van der Waals surface area (Å²) in [4.78, 5) is 25.6. The number of carbonyl (C=O) groups is 2. The lowest BCUT2D eigenvalue weighted by Crippen LogP contribution is -2.28. The first-order valence-corrected chi connectivity index (χ1v) is 9.01. The third-order valence-corrected chi connectivity index (χ3v) is 4.99. The number of aromatic carboxylic acids is 1. The summed E-state index contributed by atoms with van der Waals surface area (Å²) in [7, 11) is 0. The molecule has 0 N–H and O–H groups in total. The summed E-state index contributed by atoms with van der Waals surface area (Å²) in [6.45, 7) is 1.91. The predicted molar refractivity (Wildman–Crippen MR) is 107 cm³/mol. The molecule has 1 saturated heterocycles. The monoisotopic (exact) mass is 380 g/mol. The van der Waals surface area contributed by atoms with Crippen molar-refractivity contribution in [3.63, 3.8) is 0 Å². The van der Waals surface area contributed by atoms with Crippen LogP contribution >= 0.6 is 24.0 Å². The summed E-state index contributed by atoms with van der Waals surface area (Å²) in [5.74, 6) is -1.56. The molecule has 26 heavy (non-hydrogen) atoms. The molecule has 0 saturated carbocycles. The average Bonchev–Trinajstić information content (AvgIpc) is 2.89. The van der Waals surface area contributed by atoms with Gasteiger partial charge in [-0.2, -0.15) is 0 Å². The predicted octanol–water partition coefficient (Wildman–Crippen LogP) is 3.40. The van der Waals surface area contributed by atoms with Crippen LogP contribution in [0.4, 0.5) is 5.69 Å². The zero-order valence-electron chi connectivity index (χ0n) is 13.8. The van der Waals surface area contributed by atoms with Crippen LogP contribution in [-0.4, -0.2) is 16.2 Å². The number of amides is 1. The lowest BCUT2D eigenvalue weighted by atomic mass is 10.1. The van der Waals surface area contributed by atoms with E-state index in [0.29, 0.717) is 14.9 Å². The van der Waals surface area contributed by atoms with Gasteiger partial charge in [0.15, 0.2) is 4.32 Å². The van der Waals surface area contributed by atoms with E-state index in [0.717, 1.165) is 11.1 Å². The standard InChI is InChI=1S/C20H15NO3S2/c1-13(10-14-6-3-2-4-7-14)11-17-18(22)21(20(25)26-17)16-9-5-8-15(12-16)19(23)24/h2-12H,1H3,(H,23,24)/p-1/b13-10-,17-11-. The van der Waals surface area contributed by atoms with Gasteiger partial charge < -0.3 is 9.90 Å². The highest BCUT2D eigenvalue weighted by Gasteiger charge is 2.33. The summed E-state index contributed by atoms with van der Waals surface area (Å²) < 4.78 is 0.365. The van der Waals surface area contributed by atoms with Gasteiger partial charge in [-0.1, -0.05) is 72.5 Å². The van der Waals surface area contributed by atoms with E-state index in [2.05, 4.69) is 0 Å². The van der Waals surface area contributed by atoms with Gasteiger partial charge in [0.1, 0.15) is 0 Å². The van der Waals surface area contributed by atoms with Gasteiger partial charge in [-0.3, -0.25) is 9.69 Å². The van der Waals surface area contributed by atoms with Crippen molar-refractivity contribution < 1.29 is 14.7 Å². The molecule has 0 bridgehead atoms. The third-order valence-electron chi connectivity index (χ3n) is 3.69. The maximum Gasteiger partial charge on any atom is 0.270 e. The molecule has 1 aliphatic heterocycles.